The molecule has 0 aliphatic carbocycles. The lowest BCUT2D eigenvalue weighted by molar-refractivity contribution is 0.0897. The Morgan fingerprint density at radius 1 is 1.67 bits per heavy atom. The molecule has 3 nitrogen and oxygen atoms in total. The summed E-state index contributed by atoms with van der Waals surface area (Å²) >= 11 is 1.62. The van der Waals surface area contributed by atoms with Gasteiger partial charge in [-0.2, -0.15) is 11.3 Å². The summed E-state index contributed by atoms with van der Waals surface area (Å²) in [6.07, 6.45) is -0.835. The van der Waals surface area contributed by atoms with Crippen molar-refractivity contribution in [2.24, 2.45) is 0 Å². The van der Waals surface area contributed by atoms with E-state index in [1.54, 1.807) is 11.3 Å². The van der Waals surface area contributed by atoms with Gasteiger partial charge in [0, 0.05) is 6.54 Å². The third-order valence-corrected chi connectivity index (χ3v) is 3.43. The molecule has 0 saturated carbocycles. The Kier molecular flexibility index (Phi) is 2.90. The Morgan fingerprint density at radius 2 is 2.40 bits per heavy atom. The van der Waals surface area contributed by atoms with Crippen LogP contribution in [0.2, 0.25) is 0 Å². The van der Waals surface area contributed by atoms with Gasteiger partial charge in [-0.05, 0) is 28.8 Å². The number of nitrogens with zero attached hydrogens (tertiary/aromatic N) is 1. The molecule has 5 heteroatoms. The molecule has 1 saturated heterocycles. The number of alkyl halides is 1. The van der Waals surface area contributed by atoms with Crippen LogP contribution in [0.25, 0.3) is 0 Å². The SMILES string of the molecule is Cc1cscc1CNC(=O)N1CC(F)C1. The molecule has 1 aromatic heterocycles. The van der Waals surface area contributed by atoms with Crippen LogP contribution in [0.4, 0.5) is 9.18 Å². The van der Waals surface area contributed by atoms with E-state index in [0.29, 0.717) is 6.54 Å². The lowest BCUT2D eigenvalue weighted by Crippen LogP contribution is -2.54. The van der Waals surface area contributed by atoms with Gasteiger partial charge in [-0.15, -0.1) is 0 Å². The molecular formula is C10H13FN2OS. The maximum absolute atomic E-state index is 12.5. The average Bonchev–Trinajstić information content (AvgIpc) is 2.55. The van der Waals surface area contributed by atoms with Crippen LogP contribution in [-0.2, 0) is 6.54 Å². The molecule has 0 atom stereocenters. The van der Waals surface area contributed by atoms with Crippen LogP contribution in [0.3, 0.4) is 0 Å². The van der Waals surface area contributed by atoms with E-state index >= 15 is 0 Å². The van der Waals surface area contributed by atoms with E-state index in [-0.39, 0.29) is 19.1 Å². The fraction of sp³-hybridized carbons (Fsp3) is 0.500. The molecule has 1 aliphatic heterocycles. The maximum Gasteiger partial charge on any atom is 0.317 e. The van der Waals surface area contributed by atoms with Crippen molar-refractivity contribution in [3.8, 4) is 0 Å². The minimum Gasteiger partial charge on any atom is -0.334 e. The fourth-order valence-electron chi connectivity index (χ4n) is 1.44. The molecule has 15 heavy (non-hydrogen) atoms. The Labute approximate surface area is 91.9 Å². The summed E-state index contributed by atoms with van der Waals surface area (Å²) in [5.41, 5.74) is 2.32. The van der Waals surface area contributed by atoms with Crippen molar-refractivity contribution in [2.45, 2.75) is 19.6 Å². The van der Waals surface area contributed by atoms with Crippen molar-refractivity contribution < 1.29 is 9.18 Å². The second-order valence-electron chi connectivity index (χ2n) is 3.74. The Balaban J connectivity index is 1.79. The largest absolute Gasteiger partial charge is 0.334 e. The van der Waals surface area contributed by atoms with Crippen LogP contribution in [0, 0.1) is 6.92 Å². The van der Waals surface area contributed by atoms with Gasteiger partial charge in [-0.1, -0.05) is 0 Å². The van der Waals surface area contributed by atoms with Crippen molar-refractivity contribution in [2.75, 3.05) is 13.1 Å². The number of nitrogens with one attached hydrogen (secondary N) is 1. The first-order valence-corrected chi connectivity index (χ1v) is 5.79. The standard InChI is InChI=1S/C10H13FN2OS/c1-7-5-15-6-8(7)2-12-10(14)13-3-9(11)4-13/h5-6,9H,2-4H2,1H3,(H,12,14). The molecule has 2 amide bonds. The molecule has 82 valence electrons. The van der Waals surface area contributed by atoms with Crippen molar-refractivity contribution in [1.29, 1.82) is 0 Å². The van der Waals surface area contributed by atoms with Gasteiger partial charge in [0.15, 0.2) is 0 Å². The van der Waals surface area contributed by atoms with Gasteiger partial charge in [0.1, 0.15) is 6.17 Å². The number of urea groups is 1. The monoisotopic (exact) mass is 228 g/mol. The number of thiophene rings is 1. The first-order valence-electron chi connectivity index (χ1n) is 4.85. The number of hydrogen-bond acceptors (Lipinski definition) is 2. The molecule has 1 aliphatic rings. The van der Waals surface area contributed by atoms with Crippen molar-refractivity contribution in [3.63, 3.8) is 0 Å². The van der Waals surface area contributed by atoms with Gasteiger partial charge in [0.25, 0.3) is 0 Å². The highest BCUT2D eigenvalue weighted by molar-refractivity contribution is 7.08. The molecular weight excluding hydrogens is 215 g/mol. The molecule has 0 radical (unpaired) electrons. The first-order chi connectivity index (χ1) is 7.16. The number of amides is 2. The van der Waals surface area contributed by atoms with Crippen LogP contribution in [0.15, 0.2) is 10.8 Å². The summed E-state index contributed by atoms with van der Waals surface area (Å²) in [6, 6.07) is -0.172. The van der Waals surface area contributed by atoms with Gasteiger partial charge >= 0.3 is 6.03 Å². The van der Waals surface area contributed by atoms with E-state index in [0.717, 1.165) is 5.56 Å². The van der Waals surface area contributed by atoms with Crippen molar-refractivity contribution in [3.05, 3.63) is 21.9 Å². The van der Waals surface area contributed by atoms with Crippen LogP contribution in [-0.4, -0.2) is 30.2 Å². The van der Waals surface area contributed by atoms with E-state index in [1.165, 1.54) is 10.5 Å². The number of rotatable bonds is 2. The van der Waals surface area contributed by atoms with Gasteiger partial charge in [-0.3, -0.25) is 0 Å². The zero-order valence-electron chi connectivity index (χ0n) is 8.50. The molecule has 1 N–H and O–H groups in total. The van der Waals surface area contributed by atoms with Gasteiger partial charge in [0.2, 0.25) is 0 Å². The number of aryl methyl sites for hydroxylation is 1. The van der Waals surface area contributed by atoms with Crippen molar-refractivity contribution in [1.82, 2.24) is 10.2 Å². The highest BCUT2D eigenvalue weighted by Crippen LogP contribution is 2.14. The van der Waals surface area contributed by atoms with Crippen LogP contribution in [0.5, 0.6) is 0 Å². The Bertz CT molecular complexity index is 360. The summed E-state index contributed by atoms with van der Waals surface area (Å²) in [5.74, 6) is 0. The fourth-order valence-corrected chi connectivity index (χ4v) is 2.30. The molecule has 0 aromatic carbocycles. The topological polar surface area (TPSA) is 32.3 Å². The average molecular weight is 228 g/mol. The van der Waals surface area contributed by atoms with Crippen LogP contribution < -0.4 is 5.32 Å². The maximum atomic E-state index is 12.5. The molecule has 2 rings (SSSR count). The first kappa shape index (κ1) is 10.4. The van der Waals surface area contributed by atoms with E-state index in [9.17, 15) is 9.18 Å². The summed E-state index contributed by atoms with van der Waals surface area (Å²) in [4.78, 5) is 12.9. The number of hydrogen-bond donors (Lipinski definition) is 1. The quantitative estimate of drug-likeness (QED) is 0.824. The van der Waals surface area contributed by atoms with Crippen molar-refractivity contribution >= 4 is 17.4 Å². The number of carbonyl (C=O) groups is 1. The number of halogens is 1. The normalized spacial score (nSPS) is 16.3. The Morgan fingerprint density at radius 3 is 2.93 bits per heavy atom. The van der Waals surface area contributed by atoms with E-state index in [2.05, 4.69) is 5.32 Å². The highest BCUT2D eigenvalue weighted by Gasteiger charge is 2.29. The number of likely N-dealkylation sites (tertiary alicyclic amines) is 1. The molecule has 2 heterocycles. The molecule has 1 fully saturated rings. The molecule has 0 bridgehead atoms. The van der Waals surface area contributed by atoms with Crippen LogP contribution in [0.1, 0.15) is 11.1 Å². The smallest absolute Gasteiger partial charge is 0.317 e. The third kappa shape index (κ3) is 2.28. The molecule has 0 spiro atoms. The molecule has 1 aromatic rings. The zero-order chi connectivity index (χ0) is 10.8. The summed E-state index contributed by atoms with van der Waals surface area (Å²) < 4.78 is 12.5. The number of carbonyl (C=O) groups excluding carboxylic acids is 1. The third-order valence-electron chi connectivity index (χ3n) is 2.52. The van der Waals surface area contributed by atoms with E-state index in [1.807, 2.05) is 17.7 Å². The minimum atomic E-state index is -0.835. The highest BCUT2D eigenvalue weighted by atomic mass is 32.1. The minimum absolute atomic E-state index is 0.172. The second kappa shape index (κ2) is 4.18. The lowest BCUT2D eigenvalue weighted by Gasteiger charge is -2.34. The summed E-state index contributed by atoms with van der Waals surface area (Å²) in [6.45, 7) is 3.00. The summed E-state index contributed by atoms with van der Waals surface area (Å²) in [5, 5.41) is 6.84. The predicted octanol–water partition coefficient (Wildman–Crippen LogP) is 1.92. The predicted molar refractivity (Wildman–Crippen MR) is 57.8 cm³/mol. The van der Waals surface area contributed by atoms with E-state index < -0.39 is 6.17 Å². The van der Waals surface area contributed by atoms with Crippen LogP contribution >= 0.6 is 11.3 Å². The van der Waals surface area contributed by atoms with E-state index in [4.69, 9.17) is 0 Å². The lowest BCUT2D eigenvalue weighted by atomic mass is 10.2. The molecule has 0 unspecified atom stereocenters. The van der Waals surface area contributed by atoms with Gasteiger partial charge in [-0.25, -0.2) is 9.18 Å². The summed E-state index contributed by atoms with van der Waals surface area (Å²) in [7, 11) is 0. The van der Waals surface area contributed by atoms with Gasteiger partial charge in [0.05, 0.1) is 13.1 Å². The second-order valence-corrected chi connectivity index (χ2v) is 4.48. The Hall–Kier alpha value is -1.10. The zero-order valence-corrected chi connectivity index (χ0v) is 9.31. The van der Waals surface area contributed by atoms with Gasteiger partial charge < -0.3 is 10.2 Å².